The summed E-state index contributed by atoms with van der Waals surface area (Å²) in [4.78, 5) is 11.7. The second-order valence-corrected chi connectivity index (χ2v) is 5.16. The fourth-order valence-electron chi connectivity index (χ4n) is 2.42. The Morgan fingerprint density at radius 1 is 1.24 bits per heavy atom. The molecule has 0 aromatic heterocycles. The Kier molecular flexibility index (Phi) is 5.92. The number of carbonyl (C=O) groups excluding carboxylic acids is 1. The van der Waals surface area contributed by atoms with E-state index in [1.807, 2.05) is 0 Å². The molecule has 0 spiro atoms. The molecule has 1 fully saturated rings. The molecule has 21 heavy (non-hydrogen) atoms. The van der Waals surface area contributed by atoms with Crippen molar-refractivity contribution in [1.29, 1.82) is 0 Å². The molecule has 6 heteroatoms. The number of ether oxygens (including phenoxy) is 1. The van der Waals surface area contributed by atoms with Crippen LogP contribution in [-0.2, 0) is 11.3 Å². The zero-order valence-corrected chi connectivity index (χ0v) is 11.8. The van der Waals surface area contributed by atoms with Gasteiger partial charge in [0, 0.05) is 12.6 Å². The Morgan fingerprint density at radius 3 is 2.52 bits per heavy atom. The van der Waals surface area contributed by atoms with Crippen molar-refractivity contribution in [2.45, 2.75) is 44.9 Å². The maximum atomic E-state index is 12.0. The number of alkyl halides is 2. The molecule has 2 N–H and O–H groups in total. The molecule has 1 aliphatic rings. The second kappa shape index (κ2) is 7.93. The van der Waals surface area contributed by atoms with Crippen LogP contribution in [0.2, 0.25) is 0 Å². The summed E-state index contributed by atoms with van der Waals surface area (Å²) in [5.74, 6) is 0.0535. The standard InChI is InChI=1S/C15H20F2N2O2/c16-15(17)21-13-7-5-11(6-8-13)9-19-14(20)10-18-12-3-1-2-4-12/h5-8,12,15,18H,1-4,9-10H2,(H,19,20). The van der Waals surface area contributed by atoms with Crippen molar-refractivity contribution in [3.63, 3.8) is 0 Å². The minimum absolute atomic E-state index is 0.0604. The van der Waals surface area contributed by atoms with E-state index in [0.29, 0.717) is 19.1 Å². The first-order valence-electron chi connectivity index (χ1n) is 7.17. The number of rotatable bonds is 7. The van der Waals surface area contributed by atoms with Gasteiger partial charge in [-0.1, -0.05) is 25.0 Å². The van der Waals surface area contributed by atoms with E-state index in [1.54, 1.807) is 12.1 Å². The van der Waals surface area contributed by atoms with E-state index in [0.717, 1.165) is 18.4 Å². The summed E-state index contributed by atoms with van der Waals surface area (Å²) in [5.41, 5.74) is 0.839. The van der Waals surface area contributed by atoms with E-state index in [-0.39, 0.29) is 11.7 Å². The molecular weight excluding hydrogens is 278 g/mol. The smallest absolute Gasteiger partial charge is 0.387 e. The lowest BCUT2D eigenvalue weighted by atomic mass is 10.2. The van der Waals surface area contributed by atoms with Crippen molar-refractivity contribution in [3.8, 4) is 5.75 Å². The Labute approximate surface area is 122 Å². The summed E-state index contributed by atoms with van der Waals surface area (Å²) in [6.07, 6.45) is 4.73. The van der Waals surface area contributed by atoms with E-state index >= 15 is 0 Å². The summed E-state index contributed by atoms with van der Waals surface area (Å²) >= 11 is 0. The highest BCUT2D eigenvalue weighted by Gasteiger charge is 2.15. The Bertz CT molecular complexity index is 445. The average molecular weight is 298 g/mol. The number of halogens is 2. The van der Waals surface area contributed by atoms with Crippen LogP contribution in [0, 0.1) is 0 Å². The molecule has 0 saturated heterocycles. The summed E-state index contributed by atoms with van der Waals surface area (Å²) in [6, 6.07) is 6.70. The fourth-order valence-corrected chi connectivity index (χ4v) is 2.42. The first-order chi connectivity index (χ1) is 10.1. The van der Waals surface area contributed by atoms with Crippen LogP contribution in [0.3, 0.4) is 0 Å². The fraction of sp³-hybridized carbons (Fsp3) is 0.533. The van der Waals surface area contributed by atoms with Gasteiger partial charge < -0.3 is 15.4 Å². The molecule has 1 aromatic carbocycles. The van der Waals surface area contributed by atoms with Crippen molar-refractivity contribution in [3.05, 3.63) is 29.8 Å². The minimum Gasteiger partial charge on any atom is -0.435 e. The summed E-state index contributed by atoms with van der Waals surface area (Å²) in [6.45, 7) is -2.13. The molecule has 0 atom stereocenters. The third-order valence-electron chi connectivity index (χ3n) is 3.54. The van der Waals surface area contributed by atoms with Gasteiger partial charge in [0.1, 0.15) is 5.75 Å². The lowest BCUT2D eigenvalue weighted by molar-refractivity contribution is -0.120. The van der Waals surface area contributed by atoms with Crippen molar-refractivity contribution in [1.82, 2.24) is 10.6 Å². The van der Waals surface area contributed by atoms with Crippen molar-refractivity contribution < 1.29 is 18.3 Å². The van der Waals surface area contributed by atoms with Crippen LogP contribution in [0.4, 0.5) is 8.78 Å². The summed E-state index contributed by atoms with van der Waals surface area (Å²) < 4.78 is 28.3. The molecule has 0 unspecified atom stereocenters. The molecule has 0 aliphatic heterocycles. The highest BCUT2D eigenvalue weighted by Crippen LogP contribution is 2.17. The van der Waals surface area contributed by atoms with Gasteiger partial charge >= 0.3 is 6.61 Å². The predicted molar refractivity (Wildman–Crippen MR) is 75.2 cm³/mol. The highest BCUT2D eigenvalue weighted by molar-refractivity contribution is 5.78. The van der Waals surface area contributed by atoms with Crippen LogP contribution in [0.25, 0.3) is 0 Å². The van der Waals surface area contributed by atoms with Gasteiger partial charge in [0.15, 0.2) is 0 Å². The molecule has 1 aliphatic carbocycles. The van der Waals surface area contributed by atoms with E-state index < -0.39 is 6.61 Å². The predicted octanol–water partition coefficient (Wildman–Crippen LogP) is 2.44. The molecule has 1 amide bonds. The van der Waals surface area contributed by atoms with Crippen LogP contribution >= 0.6 is 0 Å². The van der Waals surface area contributed by atoms with Gasteiger partial charge in [-0.15, -0.1) is 0 Å². The molecule has 0 heterocycles. The largest absolute Gasteiger partial charge is 0.435 e. The average Bonchev–Trinajstić information content (AvgIpc) is 2.97. The lowest BCUT2D eigenvalue weighted by Crippen LogP contribution is -2.37. The zero-order chi connectivity index (χ0) is 15.1. The van der Waals surface area contributed by atoms with Crippen molar-refractivity contribution in [2.75, 3.05) is 6.54 Å². The molecule has 2 rings (SSSR count). The van der Waals surface area contributed by atoms with Crippen LogP contribution in [0.15, 0.2) is 24.3 Å². The number of nitrogens with one attached hydrogen (secondary N) is 2. The third-order valence-corrected chi connectivity index (χ3v) is 3.54. The van der Waals surface area contributed by atoms with E-state index in [4.69, 9.17) is 0 Å². The van der Waals surface area contributed by atoms with Gasteiger partial charge in [-0.25, -0.2) is 0 Å². The monoisotopic (exact) mass is 298 g/mol. The number of carbonyl (C=O) groups is 1. The first kappa shape index (κ1) is 15.7. The topological polar surface area (TPSA) is 50.4 Å². The van der Waals surface area contributed by atoms with Crippen molar-refractivity contribution in [2.24, 2.45) is 0 Å². The molecular formula is C15H20F2N2O2. The zero-order valence-electron chi connectivity index (χ0n) is 11.8. The van der Waals surface area contributed by atoms with E-state index in [9.17, 15) is 13.6 Å². The SMILES string of the molecule is O=C(CNC1CCCC1)NCc1ccc(OC(F)F)cc1. The first-order valence-corrected chi connectivity index (χ1v) is 7.17. The van der Waals surface area contributed by atoms with Crippen LogP contribution in [0.5, 0.6) is 5.75 Å². The highest BCUT2D eigenvalue weighted by atomic mass is 19.3. The lowest BCUT2D eigenvalue weighted by Gasteiger charge is -2.12. The molecule has 4 nitrogen and oxygen atoms in total. The molecule has 116 valence electrons. The van der Waals surface area contributed by atoms with Gasteiger partial charge in [0.05, 0.1) is 6.54 Å². The number of amides is 1. The molecule has 1 saturated carbocycles. The maximum Gasteiger partial charge on any atom is 0.387 e. The van der Waals surface area contributed by atoms with Gasteiger partial charge in [-0.3, -0.25) is 4.79 Å². The Hall–Kier alpha value is -1.69. The van der Waals surface area contributed by atoms with Gasteiger partial charge in [-0.2, -0.15) is 8.78 Å². The van der Waals surface area contributed by atoms with Gasteiger partial charge in [0.2, 0.25) is 5.91 Å². The van der Waals surface area contributed by atoms with Gasteiger partial charge in [-0.05, 0) is 30.5 Å². The summed E-state index contributed by atoms with van der Waals surface area (Å²) in [5, 5.41) is 6.03. The quantitative estimate of drug-likeness (QED) is 0.813. The third kappa shape index (κ3) is 5.67. The molecule has 0 bridgehead atoms. The summed E-state index contributed by atoms with van der Waals surface area (Å²) in [7, 11) is 0. The minimum atomic E-state index is -2.82. The molecule has 1 aromatic rings. The number of hydrogen-bond acceptors (Lipinski definition) is 3. The van der Waals surface area contributed by atoms with Crippen molar-refractivity contribution >= 4 is 5.91 Å². The normalized spacial score (nSPS) is 15.4. The van der Waals surface area contributed by atoms with E-state index in [1.165, 1.54) is 25.0 Å². The Balaban J connectivity index is 1.68. The Morgan fingerprint density at radius 2 is 1.90 bits per heavy atom. The number of hydrogen-bond donors (Lipinski definition) is 2. The van der Waals surface area contributed by atoms with Gasteiger partial charge in [0.25, 0.3) is 0 Å². The van der Waals surface area contributed by atoms with E-state index in [2.05, 4.69) is 15.4 Å². The van der Waals surface area contributed by atoms with Crippen LogP contribution in [0.1, 0.15) is 31.2 Å². The molecule has 0 radical (unpaired) electrons. The van der Waals surface area contributed by atoms with Crippen LogP contribution < -0.4 is 15.4 Å². The number of benzene rings is 1. The van der Waals surface area contributed by atoms with Crippen LogP contribution in [-0.4, -0.2) is 25.1 Å². The second-order valence-electron chi connectivity index (χ2n) is 5.16. The maximum absolute atomic E-state index is 12.0.